The third kappa shape index (κ3) is 3.30. The number of halogens is 1. The first kappa shape index (κ1) is 14.0. The monoisotopic (exact) mass is 277 g/mol. The average Bonchev–Trinajstić information content (AvgIpc) is 2.30. The zero-order valence-corrected chi connectivity index (χ0v) is 12.0. The van der Waals surface area contributed by atoms with Crippen molar-refractivity contribution in [3.63, 3.8) is 0 Å². The molecule has 1 aromatic carbocycles. The number of aryl methyl sites for hydroxylation is 2. The van der Waals surface area contributed by atoms with Gasteiger partial charge in [-0.3, -0.25) is 0 Å². The lowest BCUT2D eigenvalue weighted by Crippen LogP contribution is -2.07. The van der Waals surface area contributed by atoms with E-state index in [1.165, 1.54) is 17.8 Å². The van der Waals surface area contributed by atoms with Crippen LogP contribution in [0.3, 0.4) is 0 Å². The van der Waals surface area contributed by atoms with Crippen LogP contribution in [-0.4, -0.2) is 9.97 Å². The molecule has 5 heteroatoms. The minimum Gasteiger partial charge on any atom is -0.324 e. The predicted molar refractivity (Wildman–Crippen MR) is 74.6 cm³/mol. The highest BCUT2D eigenvalue weighted by Gasteiger charge is 2.14. The van der Waals surface area contributed by atoms with Gasteiger partial charge >= 0.3 is 0 Å². The number of hydrogen-bond donors (Lipinski definition) is 1. The van der Waals surface area contributed by atoms with E-state index in [0.29, 0.717) is 10.1 Å². The van der Waals surface area contributed by atoms with E-state index in [4.69, 9.17) is 5.73 Å². The smallest absolute Gasteiger partial charge is 0.192 e. The van der Waals surface area contributed by atoms with Gasteiger partial charge in [0, 0.05) is 17.4 Å². The molecule has 0 amide bonds. The summed E-state index contributed by atoms with van der Waals surface area (Å²) in [4.78, 5) is 9.13. The highest BCUT2D eigenvalue weighted by Crippen LogP contribution is 2.33. The van der Waals surface area contributed by atoms with Crippen LogP contribution in [0.2, 0.25) is 0 Å². The molecule has 3 nitrogen and oxygen atoms in total. The van der Waals surface area contributed by atoms with Crippen molar-refractivity contribution >= 4 is 11.8 Å². The van der Waals surface area contributed by atoms with Gasteiger partial charge < -0.3 is 5.73 Å². The fraction of sp³-hybridized carbons (Fsp3) is 0.286. The van der Waals surface area contributed by atoms with E-state index >= 15 is 0 Å². The van der Waals surface area contributed by atoms with E-state index in [1.54, 1.807) is 6.07 Å². The number of benzene rings is 1. The molecule has 0 saturated carbocycles. The van der Waals surface area contributed by atoms with Crippen molar-refractivity contribution in [2.45, 2.75) is 36.9 Å². The van der Waals surface area contributed by atoms with Gasteiger partial charge in [-0.2, -0.15) is 0 Å². The molecule has 0 aliphatic carbocycles. The molecular formula is C14H16FN3S. The molecule has 0 saturated heterocycles. The molecule has 2 aromatic rings. The van der Waals surface area contributed by atoms with Crippen molar-refractivity contribution in [2.75, 3.05) is 0 Å². The molecule has 0 unspecified atom stereocenters. The van der Waals surface area contributed by atoms with Crippen LogP contribution in [0.15, 0.2) is 34.3 Å². The van der Waals surface area contributed by atoms with E-state index in [-0.39, 0.29) is 11.9 Å². The Morgan fingerprint density at radius 2 is 1.84 bits per heavy atom. The third-order valence-corrected chi connectivity index (χ3v) is 3.64. The lowest BCUT2D eigenvalue weighted by molar-refractivity contribution is 0.591. The van der Waals surface area contributed by atoms with Crippen molar-refractivity contribution < 1.29 is 4.39 Å². The number of nitrogens with two attached hydrogens (primary N) is 1. The lowest BCUT2D eigenvalue weighted by Gasteiger charge is -2.12. The molecule has 1 heterocycles. The van der Waals surface area contributed by atoms with Crippen LogP contribution < -0.4 is 5.73 Å². The Balaban J connectivity index is 2.42. The molecule has 1 atom stereocenters. The first-order valence-corrected chi connectivity index (χ1v) is 6.83. The molecule has 2 N–H and O–H groups in total. The Hall–Kier alpha value is -1.46. The fourth-order valence-electron chi connectivity index (χ4n) is 1.82. The van der Waals surface area contributed by atoms with Crippen molar-refractivity contribution in [2.24, 2.45) is 5.73 Å². The molecule has 0 aliphatic heterocycles. The second-order valence-electron chi connectivity index (χ2n) is 4.48. The number of nitrogens with zero attached hydrogens (tertiary/aromatic N) is 2. The average molecular weight is 277 g/mol. The predicted octanol–water partition coefficient (Wildman–Crippen LogP) is 3.40. The van der Waals surface area contributed by atoms with Gasteiger partial charge in [0.15, 0.2) is 5.16 Å². The van der Waals surface area contributed by atoms with Crippen molar-refractivity contribution in [1.29, 1.82) is 0 Å². The van der Waals surface area contributed by atoms with Gasteiger partial charge in [0.25, 0.3) is 0 Å². The molecule has 0 bridgehead atoms. The Morgan fingerprint density at radius 3 is 2.42 bits per heavy atom. The van der Waals surface area contributed by atoms with E-state index in [9.17, 15) is 4.39 Å². The highest BCUT2D eigenvalue weighted by atomic mass is 32.2. The summed E-state index contributed by atoms with van der Waals surface area (Å²) < 4.78 is 14.0. The summed E-state index contributed by atoms with van der Waals surface area (Å²) in [5.74, 6) is -0.289. The van der Waals surface area contributed by atoms with Gasteiger partial charge in [0.2, 0.25) is 0 Å². The van der Waals surface area contributed by atoms with Gasteiger partial charge in [-0.15, -0.1) is 0 Å². The Kier molecular flexibility index (Phi) is 4.17. The Bertz CT molecular complexity index is 579. The van der Waals surface area contributed by atoms with Crippen molar-refractivity contribution in [3.05, 3.63) is 47.0 Å². The van der Waals surface area contributed by atoms with Crippen LogP contribution in [-0.2, 0) is 0 Å². The Labute approximate surface area is 116 Å². The van der Waals surface area contributed by atoms with Gasteiger partial charge in [0.05, 0.1) is 4.90 Å². The molecule has 0 radical (unpaired) electrons. The molecule has 0 aliphatic rings. The summed E-state index contributed by atoms with van der Waals surface area (Å²) in [7, 11) is 0. The second kappa shape index (κ2) is 5.67. The van der Waals surface area contributed by atoms with Crippen LogP contribution >= 0.6 is 11.8 Å². The summed E-state index contributed by atoms with van der Waals surface area (Å²) in [6.45, 7) is 5.63. The summed E-state index contributed by atoms with van der Waals surface area (Å²) in [6, 6.07) is 6.58. The summed E-state index contributed by atoms with van der Waals surface area (Å²) in [5.41, 5.74) is 8.39. The summed E-state index contributed by atoms with van der Waals surface area (Å²) >= 11 is 1.22. The quantitative estimate of drug-likeness (QED) is 0.874. The maximum atomic E-state index is 14.0. The van der Waals surface area contributed by atoms with Gasteiger partial charge in [-0.1, -0.05) is 12.1 Å². The molecule has 0 fully saturated rings. The molecule has 19 heavy (non-hydrogen) atoms. The van der Waals surface area contributed by atoms with Crippen molar-refractivity contribution in [1.82, 2.24) is 9.97 Å². The number of rotatable bonds is 3. The van der Waals surface area contributed by atoms with Gasteiger partial charge in [0.1, 0.15) is 5.82 Å². The normalized spacial score (nSPS) is 12.5. The zero-order valence-electron chi connectivity index (χ0n) is 11.1. The van der Waals surface area contributed by atoms with Crippen LogP contribution in [0.4, 0.5) is 4.39 Å². The topological polar surface area (TPSA) is 51.8 Å². The SMILES string of the molecule is Cc1cc(C)nc(Sc2c(F)cccc2[C@H](C)N)n1. The fourth-order valence-corrected chi connectivity index (χ4v) is 2.92. The molecule has 0 spiro atoms. The van der Waals surface area contributed by atoms with E-state index in [1.807, 2.05) is 32.9 Å². The van der Waals surface area contributed by atoms with Gasteiger partial charge in [-0.05, 0) is 50.2 Å². The maximum Gasteiger partial charge on any atom is 0.192 e. The van der Waals surface area contributed by atoms with Crippen molar-refractivity contribution in [3.8, 4) is 0 Å². The first-order valence-electron chi connectivity index (χ1n) is 6.01. The standard InChI is InChI=1S/C14H16FN3S/c1-8-7-9(2)18-14(17-8)19-13-11(10(3)16)5-4-6-12(13)15/h4-7,10H,16H2,1-3H3/t10-/m0/s1. The summed E-state index contributed by atoms with van der Waals surface area (Å²) in [6.07, 6.45) is 0. The van der Waals surface area contributed by atoms with Crippen LogP contribution in [0.5, 0.6) is 0 Å². The molecule has 2 rings (SSSR count). The minimum absolute atomic E-state index is 0.232. The molecular weight excluding hydrogens is 261 g/mol. The zero-order chi connectivity index (χ0) is 14.0. The van der Waals surface area contributed by atoms with Crippen LogP contribution in [0.1, 0.15) is 29.9 Å². The molecule has 100 valence electrons. The van der Waals surface area contributed by atoms with Crippen LogP contribution in [0, 0.1) is 19.7 Å². The number of hydrogen-bond acceptors (Lipinski definition) is 4. The largest absolute Gasteiger partial charge is 0.324 e. The summed E-state index contributed by atoms with van der Waals surface area (Å²) in [5, 5.41) is 0.546. The Morgan fingerprint density at radius 1 is 1.21 bits per heavy atom. The second-order valence-corrected chi connectivity index (χ2v) is 5.46. The highest BCUT2D eigenvalue weighted by molar-refractivity contribution is 7.99. The van der Waals surface area contributed by atoms with E-state index in [2.05, 4.69) is 9.97 Å². The molecule has 1 aromatic heterocycles. The van der Waals surface area contributed by atoms with Gasteiger partial charge in [-0.25, -0.2) is 14.4 Å². The number of aromatic nitrogens is 2. The lowest BCUT2D eigenvalue weighted by atomic mass is 10.1. The maximum absolute atomic E-state index is 14.0. The first-order chi connectivity index (χ1) is 8.97. The minimum atomic E-state index is -0.289. The third-order valence-electron chi connectivity index (χ3n) is 2.64. The van der Waals surface area contributed by atoms with E-state index in [0.717, 1.165) is 17.0 Å². The van der Waals surface area contributed by atoms with Crippen LogP contribution in [0.25, 0.3) is 0 Å². The van der Waals surface area contributed by atoms with E-state index < -0.39 is 0 Å².